The molecule has 4 aromatic rings. The normalized spacial score (nSPS) is 11.2. The number of hydrogen-bond acceptors (Lipinski definition) is 6. The average molecular weight is 510 g/mol. The largest absolute Gasteiger partial charge is 0.489 e. The van der Waals surface area contributed by atoms with Gasteiger partial charge in [-0.1, -0.05) is 30.3 Å². The molecule has 0 N–H and O–H groups in total. The SMILES string of the molecule is COC(=O)c1c(-c2ccc(OCc3cccc(C(F)(F)F)c3)cc2)nn(-c2ccccc2)c1C(=O)OC. The van der Waals surface area contributed by atoms with Gasteiger partial charge in [0.1, 0.15) is 23.6 Å². The molecule has 0 bridgehead atoms. The number of carbonyl (C=O) groups is 2. The minimum Gasteiger partial charge on any atom is -0.489 e. The van der Waals surface area contributed by atoms with E-state index in [1.807, 2.05) is 0 Å². The average Bonchev–Trinajstić information content (AvgIpc) is 3.32. The van der Waals surface area contributed by atoms with Crippen molar-refractivity contribution in [3.05, 3.63) is 101 Å². The Bertz CT molecular complexity index is 1410. The molecule has 1 aromatic heterocycles. The molecule has 1 heterocycles. The van der Waals surface area contributed by atoms with Crippen molar-refractivity contribution < 1.29 is 37.0 Å². The second-order valence-electron chi connectivity index (χ2n) is 7.81. The number of halogens is 3. The van der Waals surface area contributed by atoms with E-state index in [4.69, 9.17) is 14.2 Å². The van der Waals surface area contributed by atoms with E-state index in [-0.39, 0.29) is 23.6 Å². The summed E-state index contributed by atoms with van der Waals surface area (Å²) in [6.07, 6.45) is -4.44. The Morgan fingerprint density at radius 2 is 1.54 bits per heavy atom. The topological polar surface area (TPSA) is 79.7 Å². The van der Waals surface area contributed by atoms with Crippen molar-refractivity contribution in [3.63, 3.8) is 0 Å². The van der Waals surface area contributed by atoms with Gasteiger partial charge in [0.05, 0.1) is 25.5 Å². The molecule has 37 heavy (non-hydrogen) atoms. The third-order valence-electron chi connectivity index (χ3n) is 5.44. The smallest absolute Gasteiger partial charge is 0.416 e. The van der Waals surface area contributed by atoms with Crippen LogP contribution >= 0.6 is 0 Å². The predicted octanol–water partition coefficient (Wildman–Crippen LogP) is 5.71. The summed E-state index contributed by atoms with van der Waals surface area (Å²) in [5.74, 6) is -1.16. The molecule has 190 valence electrons. The first kappa shape index (κ1) is 25.5. The number of hydrogen-bond donors (Lipinski definition) is 0. The molecule has 3 aromatic carbocycles. The zero-order chi connectivity index (χ0) is 26.6. The van der Waals surface area contributed by atoms with Crippen LogP contribution in [-0.2, 0) is 22.3 Å². The highest BCUT2D eigenvalue weighted by atomic mass is 19.4. The number of benzene rings is 3. The van der Waals surface area contributed by atoms with Crippen molar-refractivity contribution in [3.8, 4) is 22.7 Å². The van der Waals surface area contributed by atoms with Gasteiger partial charge in [-0.15, -0.1) is 0 Å². The van der Waals surface area contributed by atoms with Gasteiger partial charge in [-0.25, -0.2) is 14.3 Å². The summed E-state index contributed by atoms with van der Waals surface area (Å²) in [7, 11) is 2.39. The van der Waals surface area contributed by atoms with Gasteiger partial charge >= 0.3 is 18.1 Å². The van der Waals surface area contributed by atoms with Crippen LogP contribution in [0.5, 0.6) is 5.75 Å². The van der Waals surface area contributed by atoms with Crippen LogP contribution in [0.25, 0.3) is 16.9 Å². The third kappa shape index (κ3) is 5.48. The fraction of sp³-hybridized carbons (Fsp3) is 0.148. The molecule has 0 amide bonds. The lowest BCUT2D eigenvalue weighted by Crippen LogP contribution is -2.15. The van der Waals surface area contributed by atoms with Crippen LogP contribution in [0.15, 0.2) is 78.9 Å². The van der Waals surface area contributed by atoms with E-state index in [1.165, 1.54) is 31.0 Å². The maximum absolute atomic E-state index is 13.0. The van der Waals surface area contributed by atoms with Gasteiger partial charge in [0.15, 0.2) is 5.69 Å². The lowest BCUT2D eigenvalue weighted by Gasteiger charge is -2.10. The summed E-state index contributed by atoms with van der Waals surface area (Å²) in [5.41, 5.74) is 0.620. The first-order chi connectivity index (χ1) is 17.7. The van der Waals surface area contributed by atoms with Crippen LogP contribution in [0, 0.1) is 0 Å². The van der Waals surface area contributed by atoms with Gasteiger partial charge in [0.2, 0.25) is 0 Å². The molecule has 4 rings (SSSR count). The Labute approximate surface area is 210 Å². The fourth-order valence-electron chi connectivity index (χ4n) is 3.67. The van der Waals surface area contributed by atoms with Crippen molar-refractivity contribution in [2.24, 2.45) is 0 Å². The Morgan fingerprint density at radius 1 is 0.865 bits per heavy atom. The van der Waals surface area contributed by atoms with Crippen LogP contribution in [0.3, 0.4) is 0 Å². The highest BCUT2D eigenvalue weighted by molar-refractivity contribution is 6.06. The fourth-order valence-corrected chi connectivity index (χ4v) is 3.67. The minimum atomic E-state index is -4.44. The summed E-state index contributed by atoms with van der Waals surface area (Å²) in [5, 5.41) is 4.51. The molecule has 0 aliphatic rings. The molecule has 0 spiro atoms. The van der Waals surface area contributed by atoms with Crippen LogP contribution in [0.1, 0.15) is 32.0 Å². The number of para-hydroxylation sites is 1. The van der Waals surface area contributed by atoms with Gasteiger partial charge < -0.3 is 14.2 Å². The van der Waals surface area contributed by atoms with E-state index >= 15 is 0 Å². The summed E-state index contributed by atoms with van der Waals surface area (Å²) in [6, 6.07) is 20.0. The Balaban J connectivity index is 1.67. The second kappa shape index (κ2) is 10.6. The molecule has 0 unspecified atom stereocenters. The molecule has 0 saturated carbocycles. The van der Waals surface area contributed by atoms with Crippen molar-refractivity contribution in [2.75, 3.05) is 14.2 Å². The van der Waals surface area contributed by atoms with E-state index in [1.54, 1.807) is 54.6 Å². The van der Waals surface area contributed by atoms with E-state index in [9.17, 15) is 22.8 Å². The number of carbonyl (C=O) groups excluding carboxylic acids is 2. The third-order valence-corrected chi connectivity index (χ3v) is 5.44. The minimum absolute atomic E-state index is 0.0733. The van der Waals surface area contributed by atoms with Gasteiger partial charge in [0, 0.05) is 5.56 Å². The van der Waals surface area contributed by atoms with E-state index in [2.05, 4.69) is 5.10 Å². The lowest BCUT2D eigenvalue weighted by atomic mass is 10.1. The highest BCUT2D eigenvalue weighted by Crippen LogP contribution is 2.32. The monoisotopic (exact) mass is 510 g/mol. The molecule has 7 nitrogen and oxygen atoms in total. The Hall–Kier alpha value is -4.60. The van der Waals surface area contributed by atoms with Crippen LogP contribution < -0.4 is 4.74 Å². The summed E-state index contributed by atoms with van der Waals surface area (Å²) in [6.45, 7) is -0.0776. The number of alkyl halides is 3. The zero-order valence-electron chi connectivity index (χ0n) is 19.8. The number of nitrogens with zero attached hydrogens (tertiary/aromatic N) is 2. The van der Waals surface area contributed by atoms with Gasteiger partial charge in [-0.05, 0) is 54.1 Å². The summed E-state index contributed by atoms with van der Waals surface area (Å²) >= 11 is 0. The van der Waals surface area contributed by atoms with Crippen molar-refractivity contribution in [1.29, 1.82) is 0 Å². The van der Waals surface area contributed by atoms with E-state index in [0.717, 1.165) is 12.1 Å². The van der Waals surface area contributed by atoms with Gasteiger partial charge in [-0.3, -0.25) is 0 Å². The van der Waals surface area contributed by atoms with Crippen molar-refractivity contribution in [2.45, 2.75) is 12.8 Å². The molecule has 0 radical (unpaired) electrons. The number of ether oxygens (including phenoxy) is 3. The van der Waals surface area contributed by atoms with Crippen LogP contribution in [0.2, 0.25) is 0 Å². The van der Waals surface area contributed by atoms with Crippen LogP contribution in [0.4, 0.5) is 13.2 Å². The molecular formula is C27H21F3N2O5. The maximum atomic E-state index is 13.0. The number of rotatable bonds is 7. The number of methoxy groups -OCH3 is 2. The molecule has 0 saturated heterocycles. The lowest BCUT2D eigenvalue weighted by molar-refractivity contribution is -0.137. The van der Waals surface area contributed by atoms with Crippen LogP contribution in [-0.4, -0.2) is 35.9 Å². The second-order valence-corrected chi connectivity index (χ2v) is 7.81. The number of esters is 2. The van der Waals surface area contributed by atoms with E-state index in [0.29, 0.717) is 22.6 Å². The Kier molecular flexibility index (Phi) is 7.28. The molecule has 0 atom stereocenters. The molecule has 0 aliphatic heterocycles. The van der Waals surface area contributed by atoms with Gasteiger partial charge in [-0.2, -0.15) is 18.3 Å². The highest BCUT2D eigenvalue weighted by Gasteiger charge is 2.32. The summed E-state index contributed by atoms with van der Waals surface area (Å²) in [4.78, 5) is 25.4. The maximum Gasteiger partial charge on any atom is 0.416 e. The van der Waals surface area contributed by atoms with Crippen molar-refractivity contribution in [1.82, 2.24) is 9.78 Å². The van der Waals surface area contributed by atoms with Crippen molar-refractivity contribution >= 4 is 11.9 Å². The molecule has 10 heteroatoms. The standard InChI is InChI=1S/C27H21F3N2O5/c1-35-25(33)22-23(31-32(24(22)26(34)36-2)20-9-4-3-5-10-20)18-11-13-21(14-12-18)37-16-17-7-6-8-19(15-17)27(28,29)30/h3-15H,16H2,1-2H3. The Morgan fingerprint density at radius 3 is 2.16 bits per heavy atom. The first-order valence-electron chi connectivity index (χ1n) is 11.0. The zero-order valence-corrected chi connectivity index (χ0v) is 19.8. The quantitative estimate of drug-likeness (QED) is 0.296. The summed E-state index contributed by atoms with van der Waals surface area (Å²) < 4.78 is 55.6. The van der Waals surface area contributed by atoms with E-state index < -0.39 is 23.7 Å². The first-order valence-corrected chi connectivity index (χ1v) is 11.0. The van der Waals surface area contributed by atoms with Gasteiger partial charge in [0.25, 0.3) is 0 Å². The predicted molar refractivity (Wildman–Crippen MR) is 127 cm³/mol. The molecular weight excluding hydrogens is 489 g/mol. The molecule has 0 aliphatic carbocycles. The number of aromatic nitrogens is 2. The molecule has 0 fully saturated rings.